The molecule has 1 aromatic heterocycles. The molecule has 0 aromatic carbocycles. The van der Waals surface area contributed by atoms with Gasteiger partial charge in [-0.25, -0.2) is 4.98 Å². The van der Waals surface area contributed by atoms with Crippen LogP contribution in [-0.4, -0.2) is 36.1 Å². The van der Waals surface area contributed by atoms with E-state index >= 15 is 0 Å². The van der Waals surface area contributed by atoms with Gasteiger partial charge >= 0.3 is 0 Å². The zero-order valence-electron chi connectivity index (χ0n) is 12.6. The monoisotopic (exact) mass is 407 g/mol. The summed E-state index contributed by atoms with van der Waals surface area (Å²) in [6.45, 7) is 8.36. The number of rotatable bonds is 4. The Bertz CT molecular complexity index is 466. The van der Waals surface area contributed by atoms with Crippen molar-refractivity contribution in [1.82, 2.24) is 15.2 Å². The van der Waals surface area contributed by atoms with Gasteiger partial charge in [-0.3, -0.25) is 4.90 Å². The zero-order chi connectivity index (χ0) is 14.7. The first kappa shape index (κ1) is 22.5. The van der Waals surface area contributed by atoms with Crippen LogP contribution in [0.4, 0.5) is 0 Å². The van der Waals surface area contributed by atoms with Crippen LogP contribution in [0.1, 0.15) is 31.9 Å². The van der Waals surface area contributed by atoms with Gasteiger partial charge in [-0.15, -0.1) is 24.8 Å². The zero-order valence-corrected chi connectivity index (χ0v) is 16.5. The van der Waals surface area contributed by atoms with Crippen LogP contribution in [0.5, 0.6) is 0 Å². The highest BCUT2D eigenvalue weighted by Crippen LogP contribution is 2.41. The van der Waals surface area contributed by atoms with Crippen molar-refractivity contribution < 1.29 is 0 Å². The molecule has 3 nitrogen and oxygen atoms in total. The van der Waals surface area contributed by atoms with Crippen molar-refractivity contribution in [2.24, 2.45) is 5.92 Å². The molecule has 22 heavy (non-hydrogen) atoms. The lowest BCUT2D eigenvalue weighted by Crippen LogP contribution is -2.46. The average Bonchev–Trinajstić information content (AvgIpc) is 2.48. The van der Waals surface area contributed by atoms with Gasteiger partial charge in [-0.1, -0.05) is 55.1 Å². The van der Waals surface area contributed by atoms with Gasteiger partial charge in [-0.05, 0) is 5.92 Å². The van der Waals surface area contributed by atoms with Crippen LogP contribution in [0.15, 0.2) is 6.20 Å². The Morgan fingerprint density at radius 2 is 1.82 bits per heavy atom. The average molecular weight is 410 g/mol. The maximum atomic E-state index is 6.39. The van der Waals surface area contributed by atoms with Gasteiger partial charge in [0, 0.05) is 44.0 Å². The Kier molecular flexibility index (Phi) is 10.6. The Labute approximate surface area is 159 Å². The quantitative estimate of drug-likeness (QED) is 0.719. The van der Waals surface area contributed by atoms with Crippen molar-refractivity contribution in [1.29, 1.82) is 0 Å². The third-order valence-corrected chi connectivity index (χ3v) is 5.06. The smallest absolute Gasteiger partial charge is 0.148 e. The molecule has 1 N–H and O–H groups in total. The van der Waals surface area contributed by atoms with Crippen LogP contribution in [0.25, 0.3) is 0 Å². The molecular formula is C14H22Cl5N3. The molecule has 2 atom stereocenters. The fourth-order valence-corrected chi connectivity index (χ4v) is 3.45. The normalized spacial score (nSPS) is 18.0. The van der Waals surface area contributed by atoms with E-state index in [0.29, 0.717) is 21.1 Å². The molecule has 0 spiro atoms. The van der Waals surface area contributed by atoms with E-state index in [1.54, 1.807) is 6.20 Å². The number of halogens is 5. The van der Waals surface area contributed by atoms with Crippen molar-refractivity contribution in [3.05, 3.63) is 27.0 Å². The molecular weight excluding hydrogens is 387 g/mol. The van der Waals surface area contributed by atoms with Crippen molar-refractivity contribution in [2.75, 3.05) is 26.2 Å². The van der Waals surface area contributed by atoms with Gasteiger partial charge in [0.2, 0.25) is 0 Å². The minimum absolute atomic E-state index is 0. The summed E-state index contributed by atoms with van der Waals surface area (Å²) in [6.07, 6.45) is 2.66. The number of piperazine rings is 1. The minimum atomic E-state index is 0. The van der Waals surface area contributed by atoms with E-state index < -0.39 is 0 Å². The maximum absolute atomic E-state index is 6.39. The first-order valence-corrected chi connectivity index (χ1v) is 8.13. The van der Waals surface area contributed by atoms with Crippen LogP contribution in [0.3, 0.4) is 0 Å². The topological polar surface area (TPSA) is 28.2 Å². The van der Waals surface area contributed by atoms with Crippen LogP contribution in [0, 0.1) is 5.92 Å². The number of hydrogen-bond acceptors (Lipinski definition) is 3. The number of hydrogen-bond donors (Lipinski definition) is 1. The summed E-state index contributed by atoms with van der Waals surface area (Å²) in [6, 6.07) is 0.183. The van der Waals surface area contributed by atoms with E-state index in [0.717, 1.165) is 38.2 Å². The van der Waals surface area contributed by atoms with E-state index in [4.69, 9.17) is 34.8 Å². The molecule has 0 aliphatic carbocycles. The van der Waals surface area contributed by atoms with Crippen molar-refractivity contribution in [3.8, 4) is 0 Å². The van der Waals surface area contributed by atoms with Gasteiger partial charge in [0.15, 0.2) is 0 Å². The second kappa shape index (κ2) is 10.4. The van der Waals surface area contributed by atoms with Crippen LogP contribution < -0.4 is 5.32 Å². The standard InChI is InChI=1S/C14H20Cl3N3.2ClH/c1-3-9(2)13(20-6-4-18-5-7-20)11-10(15)8-19-14(17)12(11)16;;/h8-9,13,18H,3-7H2,1-2H3;2*1H/t9?,13-;;/m1../s1. The Morgan fingerprint density at radius 1 is 1.23 bits per heavy atom. The van der Waals surface area contributed by atoms with Crippen LogP contribution >= 0.6 is 59.6 Å². The van der Waals surface area contributed by atoms with Crippen LogP contribution in [-0.2, 0) is 0 Å². The second-order valence-electron chi connectivity index (χ2n) is 5.24. The fourth-order valence-electron chi connectivity index (χ4n) is 2.74. The number of aromatic nitrogens is 1. The molecule has 0 radical (unpaired) electrons. The largest absolute Gasteiger partial charge is 0.314 e. The lowest BCUT2D eigenvalue weighted by molar-refractivity contribution is 0.128. The van der Waals surface area contributed by atoms with E-state index in [2.05, 4.69) is 29.0 Å². The molecule has 1 saturated heterocycles. The van der Waals surface area contributed by atoms with Crippen LogP contribution in [0.2, 0.25) is 15.2 Å². The van der Waals surface area contributed by atoms with Gasteiger partial charge in [0.25, 0.3) is 0 Å². The Morgan fingerprint density at radius 3 is 2.36 bits per heavy atom. The molecule has 0 bridgehead atoms. The third kappa shape index (κ3) is 5.01. The van der Waals surface area contributed by atoms with E-state index in [9.17, 15) is 0 Å². The summed E-state index contributed by atoms with van der Waals surface area (Å²) >= 11 is 18.8. The third-order valence-electron chi connectivity index (χ3n) is 3.99. The molecule has 1 unspecified atom stereocenters. The Balaban J connectivity index is 0.00000220. The molecule has 1 aliphatic rings. The number of nitrogens with one attached hydrogen (secondary N) is 1. The number of pyridine rings is 1. The summed E-state index contributed by atoms with van der Waals surface area (Å²) in [7, 11) is 0. The minimum Gasteiger partial charge on any atom is -0.314 e. The highest BCUT2D eigenvalue weighted by Gasteiger charge is 2.30. The first-order chi connectivity index (χ1) is 9.56. The predicted molar refractivity (Wildman–Crippen MR) is 100 cm³/mol. The lowest BCUT2D eigenvalue weighted by atomic mass is 9.91. The summed E-state index contributed by atoms with van der Waals surface area (Å²) in [4.78, 5) is 6.46. The molecule has 2 rings (SSSR count). The van der Waals surface area contributed by atoms with Crippen molar-refractivity contribution in [3.63, 3.8) is 0 Å². The maximum Gasteiger partial charge on any atom is 0.148 e. The SMILES string of the molecule is CCC(C)[C@H](c1c(Cl)cnc(Cl)c1Cl)N1CCNCC1.Cl.Cl. The molecule has 2 heterocycles. The van der Waals surface area contributed by atoms with E-state index in [-0.39, 0.29) is 30.9 Å². The predicted octanol–water partition coefficient (Wildman–Crippen LogP) is 4.88. The number of nitrogens with zero attached hydrogens (tertiary/aromatic N) is 2. The molecule has 0 amide bonds. The van der Waals surface area contributed by atoms with Gasteiger partial charge in [-0.2, -0.15) is 0 Å². The molecule has 8 heteroatoms. The summed E-state index contributed by atoms with van der Waals surface area (Å²) < 4.78 is 0. The van der Waals surface area contributed by atoms with Gasteiger partial charge in [0.1, 0.15) is 5.15 Å². The molecule has 0 saturated carbocycles. The van der Waals surface area contributed by atoms with Gasteiger partial charge < -0.3 is 5.32 Å². The molecule has 1 aliphatic heterocycles. The molecule has 1 fully saturated rings. The van der Waals surface area contributed by atoms with Gasteiger partial charge in [0.05, 0.1) is 10.0 Å². The fraction of sp³-hybridized carbons (Fsp3) is 0.643. The van der Waals surface area contributed by atoms with Crippen molar-refractivity contribution in [2.45, 2.75) is 26.3 Å². The van der Waals surface area contributed by atoms with E-state index in [1.807, 2.05) is 0 Å². The van der Waals surface area contributed by atoms with Crippen molar-refractivity contribution >= 4 is 59.6 Å². The molecule has 128 valence electrons. The molecule has 1 aromatic rings. The second-order valence-corrected chi connectivity index (χ2v) is 6.38. The highest BCUT2D eigenvalue weighted by molar-refractivity contribution is 6.43. The summed E-state index contributed by atoms with van der Waals surface area (Å²) in [5.74, 6) is 0.446. The van der Waals surface area contributed by atoms with E-state index in [1.165, 1.54) is 0 Å². The first-order valence-electron chi connectivity index (χ1n) is 7.00. The Hall–Kier alpha value is 0.520. The lowest BCUT2D eigenvalue weighted by Gasteiger charge is -2.39. The summed E-state index contributed by atoms with van der Waals surface area (Å²) in [5.41, 5.74) is 0.921. The summed E-state index contributed by atoms with van der Waals surface area (Å²) in [5, 5.41) is 4.79. The highest BCUT2D eigenvalue weighted by atomic mass is 35.5.